The van der Waals surface area contributed by atoms with E-state index in [2.05, 4.69) is 31.3 Å². The van der Waals surface area contributed by atoms with Crippen LogP contribution in [-0.2, 0) is 6.54 Å². The zero-order valence-electron chi connectivity index (χ0n) is 11.3. The van der Waals surface area contributed by atoms with Gasteiger partial charge >= 0.3 is 0 Å². The van der Waals surface area contributed by atoms with Crippen molar-refractivity contribution in [3.63, 3.8) is 0 Å². The van der Waals surface area contributed by atoms with Crippen molar-refractivity contribution in [3.8, 4) is 11.4 Å². The molecular formula is C15H12BrFN4. The first-order valence-corrected chi connectivity index (χ1v) is 7.20. The van der Waals surface area contributed by atoms with E-state index < -0.39 is 0 Å². The van der Waals surface area contributed by atoms with Crippen LogP contribution < -0.4 is 0 Å². The Kier molecular flexibility index (Phi) is 3.79. The number of nitrogens with zero attached hydrogens (tertiary/aromatic N) is 4. The highest BCUT2D eigenvalue weighted by atomic mass is 79.9. The van der Waals surface area contributed by atoms with Gasteiger partial charge in [-0.1, -0.05) is 51.8 Å². The lowest BCUT2D eigenvalue weighted by atomic mass is 10.1. The van der Waals surface area contributed by atoms with E-state index in [9.17, 15) is 4.39 Å². The Morgan fingerprint density at radius 2 is 1.90 bits per heavy atom. The molecule has 1 aromatic heterocycles. The maximum absolute atomic E-state index is 13.1. The highest BCUT2D eigenvalue weighted by Crippen LogP contribution is 2.19. The molecule has 0 N–H and O–H groups in total. The Morgan fingerprint density at radius 3 is 2.62 bits per heavy atom. The van der Waals surface area contributed by atoms with Crippen molar-refractivity contribution in [3.05, 3.63) is 63.9 Å². The number of tetrazole rings is 1. The second-order valence-corrected chi connectivity index (χ2v) is 5.60. The van der Waals surface area contributed by atoms with Crippen molar-refractivity contribution in [1.82, 2.24) is 20.2 Å². The number of aryl methyl sites for hydroxylation is 1. The molecule has 0 aliphatic rings. The van der Waals surface area contributed by atoms with Crippen molar-refractivity contribution < 1.29 is 4.39 Å². The van der Waals surface area contributed by atoms with E-state index >= 15 is 0 Å². The van der Waals surface area contributed by atoms with E-state index in [0.29, 0.717) is 16.8 Å². The van der Waals surface area contributed by atoms with Crippen LogP contribution in [0, 0.1) is 12.7 Å². The van der Waals surface area contributed by atoms with Crippen molar-refractivity contribution in [2.75, 3.05) is 0 Å². The number of benzene rings is 2. The fraction of sp³-hybridized carbons (Fsp3) is 0.133. The van der Waals surface area contributed by atoms with Crippen molar-refractivity contribution >= 4 is 15.9 Å². The SMILES string of the molecule is Cc1ccc(-c2nnn(Cc3ccc(F)cc3Br)n2)cc1. The Hall–Kier alpha value is -2.08. The topological polar surface area (TPSA) is 43.6 Å². The molecule has 3 rings (SSSR count). The molecule has 1 heterocycles. The summed E-state index contributed by atoms with van der Waals surface area (Å²) >= 11 is 3.33. The fourth-order valence-electron chi connectivity index (χ4n) is 1.93. The molecule has 0 aliphatic heterocycles. The van der Waals surface area contributed by atoms with Crippen LogP contribution in [0.15, 0.2) is 46.9 Å². The van der Waals surface area contributed by atoms with Gasteiger partial charge in [-0.25, -0.2) is 4.39 Å². The lowest BCUT2D eigenvalue weighted by Gasteiger charge is -2.02. The van der Waals surface area contributed by atoms with Crippen molar-refractivity contribution in [2.24, 2.45) is 0 Å². The molecule has 0 saturated heterocycles. The third-order valence-corrected chi connectivity index (χ3v) is 3.83. The first-order valence-electron chi connectivity index (χ1n) is 6.40. The molecule has 21 heavy (non-hydrogen) atoms. The molecule has 3 aromatic rings. The average Bonchev–Trinajstić information content (AvgIpc) is 2.91. The van der Waals surface area contributed by atoms with Crippen LogP contribution in [0.4, 0.5) is 4.39 Å². The van der Waals surface area contributed by atoms with Gasteiger partial charge in [0, 0.05) is 10.0 Å². The van der Waals surface area contributed by atoms with Crippen LogP contribution in [0.25, 0.3) is 11.4 Å². The predicted molar refractivity (Wildman–Crippen MR) is 81.2 cm³/mol. The van der Waals surface area contributed by atoms with Crippen molar-refractivity contribution in [2.45, 2.75) is 13.5 Å². The van der Waals surface area contributed by atoms with Crippen LogP contribution in [0.5, 0.6) is 0 Å². The largest absolute Gasteiger partial charge is 0.207 e. The summed E-state index contributed by atoms with van der Waals surface area (Å²) in [5.74, 6) is 0.297. The monoisotopic (exact) mass is 346 g/mol. The van der Waals surface area contributed by atoms with Crippen LogP contribution in [0.3, 0.4) is 0 Å². The first-order chi connectivity index (χ1) is 10.1. The van der Waals surface area contributed by atoms with Gasteiger partial charge in [-0.05, 0) is 29.8 Å². The van der Waals surface area contributed by atoms with Gasteiger partial charge in [0.05, 0.1) is 6.54 Å². The van der Waals surface area contributed by atoms with E-state index in [1.54, 1.807) is 6.07 Å². The first kappa shape index (κ1) is 13.9. The van der Waals surface area contributed by atoms with E-state index in [1.165, 1.54) is 22.5 Å². The predicted octanol–water partition coefficient (Wildman–Crippen LogP) is 3.60. The Labute approximate surface area is 129 Å². The molecule has 0 fully saturated rings. The summed E-state index contributed by atoms with van der Waals surface area (Å²) in [6.07, 6.45) is 0. The number of halogens is 2. The number of aromatic nitrogens is 4. The second-order valence-electron chi connectivity index (χ2n) is 4.75. The lowest BCUT2D eigenvalue weighted by Crippen LogP contribution is -2.04. The fourth-order valence-corrected chi connectivity index (χ4v) is 2.41. The minimum atomic E-state index is -0.280. The standard InChI is InChI=1S/C15H12BrFN4/c1-10-2-4-11(5-3-10)15-18-20-21(19-15)9-12-6-7-13(17)8-14(12)16/h2-8H,9H2,1H3. The van der Waals surface area contributed by atoms with Gasteiger partial charge in [-0.15, -0.1) is 10.2 Å². The van der Waals surface area contributed by atoms with E-state index in [-0.39, 0.29) is 5.82 Å². The van der Waals surface area contributed by atoms with Crippen LogP contribution in [-0.4, -0.2) is 20.2 Å². The molecular weight excluding hydrogens is 335 g/mol. The zero-order chi connectivity index (χ0) is 14.8. The smallest absolute Gasteiger partial charge is 0.204 e. The van der Waals surface area contributed by atoms with E-state index in [0.717, 1.165) is 11.1 Å². The Bertz CT molecular complexity index is 768. The van der Waals surface area contributed by atoms with Gasteiger partial charge in [0.15, 0.2) is 0 Å². The minimum absolute atomic E-state index is 0.280. The molecule has 0 radical (unpaired) electrons. The van der Waals surface area contributed by atoms with Crippen LogP contribution in [0.1, 0.15) is 11.1 Å². The third kappa shape index (κ3) is 3.16. The molecule has 0 amide bonds. The molecule has 0 unspecified atom stereocenters. The highest BCUT2D eigenvalue weighted by molar-refractivity contribution is 9.10. The summed E-state index contributed by atoms with van der Waals surface area (Å²) in [4.78, 5) is 1.49. The third-order valence-electron chi connectivity index (χ3n) is 3.09. The zero-order valence-corrected chi connectivity index (χ0v) is 12.9. The molecule has 0 atom stereocenters. The second kappa shape index (κ2) is 5.73. The normalized spacial score (nSPS) is 10.8. The maximum Gasteiger partial charge on any atom is 0.204 e. The number of rotatable bonds is 3. The van der Waals surface area contributed by atoms with E-state index in [1.807, 2.05) is 31.2 Å². The van der Waals surface area contributed by atoms with E-state index in [4.69, 9.17) is 0 Å². The van der Waals surface area contributed by atoms with Gasteiger partial charge in [0.2, 0.25) is 5.82 Å². The van der Waals surface area contributed by atoms with Crippen LogP contribution in [0.2, 0.25) is 0 Å². The minimum Gasteiger partial charge on any atom is -0.207 e. The Morgan fingerprint density at radius 1 is 1.14 bits per heavy atom. The van der Waals surface area contributed by atoms with Crippen molar-refractivity contribution in [1.29, 1.82) is 0 Å². The van der Waals surface area contributed by atoms with Gasteiger partial charge in [0.25, 0.3) is 0 Å². The molecule has 0 spiro atoms. The maximum atomic E-state index is 13.1. The average molecular weight is 347 g/mol. The molecule has 0 aliphatic carbocycles. The Balaban J connectivity index is 1.83. The highest BCUT2D eigenvalue weighted by Gasteiger charge is 2.08. The summed E-state index contributed by atoms with van der Waals surface area (Å²) < 4.78 is 13.8. The van der Waals surface area contributed by atoms with Gasteiger partial charge < -0.3 is 0 Å². The number of hydrogen-bond acceptors (Lipinski definition) is 3. The summed E-state index contributed by atoms with van der Waals surface area (Å²) in [5, 5.41) is 12.4. The molecule has 4 nitrogen and oxygen atoms in total. The summed E-state index contributed by atoms with van der Waals surface area (Å²) in [5.41, 5.74) is 3.00. The molecule has 0 bridgehead atoms. The van der Waals surface area contributed by atoms with Crippen LogP contribution >= 0.6 is 15.9 Å². The van der Waals surface area contributed by atoms with Gasteiger partial charge in [0.1, 0.15) is 5.82 Å². The van der Waals surface area contributed by atoms with Gasteiger partial charge in [-0.3, -0.25) is 0 Å². The molecule has 6 heteroatoms. The molecule has 2 aromatic carbocycles. The summed E-state index contributed by atoms with van der Waals surface area (Å²) in [6.45, 7) is 2.46. The van der Waals surface area contributed by atoms with Gasteiger partial charge in [-0.2, -0.15) is 4.80 Å². The molecule has 106 valence electrons. The summed E-state index contributed by atoms with van der Waals surface area (Å²) in [6, 6.07) is 12.5. The number of hydrogen-bond donors (Lipinski definition) is 0. The lowest BCUT2D eigenvalue weighted by molar-refractivity contribution is 0.569. The molecule has 0 saturated carbocycles. The quantitative estimate of drug-likeness (QED) is 0.727. The summed E-state index contributed by atoms with van der Waals surface area (Å²) in [7, 11) is 0.